The number of hydrogen-bond acceptors (Lipinski definition) is 6. The molecule has 1 N–H and O–H groups in total. The zero-order valence-corrected chi connectivity index (χ0v) is 13.5. The fraction of sp³-hybridized carbons (Fsp3) is 0.176. The van der Waals surface area contributed by atoms with Crippen LogP contribution in [0.5, 0.6) is 0 Å². The van der Waals surface area contributed by atoms with Crippen LogP contribution in [0.1, 0.15) is 33.2 Å². The number of halogens is 1. The van der Waals surface area contributed by atoms with Crippen LogP contribution in [0, 0.1) is 15.9 Å². The van der Waals surface area contributed by atoms with Crippen LogP contribution in [-0.4, -0.2) is 23.8 Å². The molecule has 0 saturated heterocycles. The molecular weight excluding hydrogens is 331 g/mol. The summed E-state index contributed by atoms with van der Waals surface area (Å²) in [4.78, 5) is 33.4. The molecule has 2 aromatic rings. The Hall–Kier alpha value is -3.29. The molecule has 0 atom stereocenters. The van der Waals surface area contributed by atoms with Gasteiger partial charge in [-0.15, -0.1) is 0 Å². The number of hydrogen-bond donors (Lipinski definition) is 1. The van der Waals surface area contributed by atoms with Crippen molar-refractivity contribution >= 4 is 23.1 Å². The highest BCUT2D eigenvalue weighted by Gasteiger charge is 2.17. The van der Waals surface area contributed by atoms with Crippen molar-refractivity contribution in [3.63, 3.8) is 0 Å². The Bertz CT molecular complexity index is 851. The minimum absolute atomic E-state index is 0.0864. The van der Waals surface area contributed by atoms with E-state index in [2.05, 4.69) is 10.1 Å². The van der Waals surface area contributed by atoms with E-state index in [0.29, 0.717) is 0 Å². The van der Waals surface area contributed by atoms with Crippen molar-refractivity contribution in [1.29, 1.82) is 0 Å². The van der Waals surface area contributed by atoms with Crippen molar-refractivity contribution in [3.05, 3.63) is 69.0 Å². The summed E-state index contributed by atoms with van der Waals surface area (Å²) in [7, 11) is 1.21. The molecule has 2 rings (SSSR count). The monoisotopic (exact) mass is 346 g/mol. The smallest absolute Gasteiger partial charge is 0.337 e. The van der Waals surface area contributed by atoms with Crippen LogP contribution >= 0.6 is 0 Å². The van der Waals surface area contributed by atoms with Crippen LogP contribution in [-0.2, 0) is 11.3 Å². The van der Waals surface area contributed by atoms with Gasteiger partial charge < -0.3 is 10.1 Å². The second kappa shape index (κ2) is 7.52. The first kappa shape index (κ1) is 18.1. The fourth-order valence-electron chi connectivity index (χ4n) is 2.20. The SMILES string of the molecule is COC(=O)c1ccc(F)c(CNc2ccc(C(C)=O)cc2[N+](=O)[O-])c1. The normalized spacial score (nSPS) is 10.2. The standard InChI is InChI=1S/C17H15FN2O5/c1-10(21)11-4-6-15(16(8-11)20(23)24)19-9-13-7-12(17(22)25-2)3-5-14(13)18/h3-8,19H,9H2,1-2H3. The van der Waals surface area contributed by atoms with Crippen molar-refractivity contribution in [2.24, 2.45) is 0 Å². The average Bonchev–Trinajstić information content (AvgIpc) is 2.59. The molecule has 0 saturated carbocycles. The average molecular weight is 346 g/mol. The van der Waals surface area contributed by atoms with Crippen LogP contribution in [0.3, 0.4) is 0 Å². The lowest BCUT2D eigenvalue weighted by Crippen LogP contribution is -2.08. The van der Waals surface area contributed by atoms with E-state index < -0.39 is 16.7 Å². The highest BCUT2D eigenvalue weighted by molar-refractivity contribution is 5.95. The van der Waals surface area contributed by atoms with Gasteiger partial charge in [-0.25, -0.2) is 9.18 Å². The number of rotatable bonds is 6. The number of esters is 1. The summed E-state index contributed by atoms with van der Waals surface area (Å²) < 4.78 is 18.5. The molecule has 0 unspecified atom stereocenters. The Balaban J connectivity index is 2.28. The van der Waals surface area contributed by atoms with E-state index in [1.54, 1.807) is 0 Å². The van der Waals surface area contributed by atoms with Gasteiger partial charge in [0, 0.05) is 23.7 Å². The van der Waals surface area contributed by atoms with Gasteiger partial charge in [0.15, 0.2) is 5.78 Å². The summed E-state index contributed by atoms with van der Waals surface area (Å²) in [5.41, 5.74) is 0.362. The lowest BCUT2D eigenvalue weighted by atomic mass is 10.1. The number of nitro groups is 1. The second-order valence-corrected chi connectivity index (χ2v) is 5.20. The van der Waals surface area contributed by atoms with E-state index in [1.165, 1.54) is 38.3 Å². The molecule has 0 amide bonds. The van der Waals surface area contributed by atoms with E-state index in [9.17, 15) is 24.1 Å². The first-order valence-corrected chi connectivity index (χ1v) is 7.23. The molecule has 0 radical (unpaired) electrons. The number of Topliss-reactive ketones (excluding diaryl/α,β-unsaturated/α-hetero) is 1. The predicted molar refractivity (Wildman–Crippen MR) is 88.2 cm³/mol. The Morgan fingerprint density at radius 2 is 1.88 bits per heavy atom. The number of nitrogens with zero attached hydrogens (tertiary/aromatic N) is 1. The third-order valence-corrected chi connectivity index (χ3v) is 3.54. The van der Waals surface area contributed by atoms with Gasteiger partial charge in [0.25, 0.3) is 5.69 Å². The lowest BCUT2D eigenvalue weighted by molar-refractivity contribution is -0.384. The molecule has 8 heteroatoms. The summed E-state index contributed by atoms with van der Waals surface area (Å²) in [6.45, 7) is 1.22. The predicted octanol–water partition coefficient (Wildman–Crippen LogP) is 3.34. The largest absolute Gasteiger partial charge is 0.465 e. The number of ether oxygens (including phenoxy) is 1. The summed E-state index contributed by atoms with van der Waals surface area (Å²) >= 11 is 0. The van der Waals surface area contributed by atoms with Crippen LogP contribution < -0.4 is 5.32 Å². The number of anilines is 1. The molecule has 0 aromatic heterocycles. The summed E-state index contributed by atoms with van der Waals surface area (Å²) in [5, 5.41) is 13.9. The topological polar surface area (TPSA) is 98.5 Å². The quantitative estimate of drug-likeness (QED) is 0.373. The molecule has 0 heterocycles. The van der Waals surface area contributed by atoms with Gasteiger partial charge in [-0.1, -0.05) is 0 Å². The molecule has 0 aliphatic heterocycles. The van der Waals surface area contributed by atoms with E-state index in [-0.39, 0.29) is 40.4 Å². The third kappa shape index (κ3) is 4.17. The molecule has 7 nitrogen and oxygen atoms in total. The number of methoxy groups -OCH3 is 1. The fourth-order valence-corrected chi connectivity index (χ4v) is 2.20. The number of carbonyl (C=O) groups excluding carboxylic acids is 2. The molecule has 0 aliphatic rings. The first-order chi connectivity index (χ1) is 11.8. The molecule has 25 heavy (non-hydrogen) atoms. The number of nitrogens with one attached hydrogen (secondary N) is 1. The van der Waals surface area contributed by atoms with Gasteiger partial charge >= 0.3 is 5.97 Å². The van der Waals surface area contributed by atoms with E-state index in [4.69, 9.17) is 0 Å². The van der Waals surface area contributed by atoms with Crippen LogP contribution in [0.25, 0.3) is 0 Å². The number of nitro benzene ring substituents is 1. The van der Waals surface area contributed by atoms with Crippen molar-refractivity contribution in [1.82, 2.24) is 0 Å². The minimum atomic E-state index is -0.629. The number of carbonyl (C=O) groups is 2. The van der Waals surface area contributed by atoms with Crippen molar-refractivity contribution in [3.8, 4) is 0 Å². The Morgan fingerprint density at radius 3 is 2.48 bits per heavy atom. The van der Waals surface area contributed by atoms with E-state index >= 15 is 0 Å². The lowest BCUT2D eigenvalue weighted by Gasteiger charge is -2.10. The van der Waals surface area contributed by atoms with Gasteiger partial charge in [-0.3, -0.25) is 14.9 Å². The van der Waals surface area contributed by atoms with Crippen molar-refractivity contribution < 1.29 is 23.6 Å². The second-order valence-electron chi connectivity index (χ2n) is 5.20. The molecule has 0 aliphatic carbocycles. The van der Waals surface area contributed by atoms with Crippen LogP contribution in [0.2, 0.25) is 0 Å². The highest BCUT2D eigenvalue weighted by atomic mass is 19.1. The minimum Gasteiger partial charge on any atom is -0.465 e. The van der Waals surface area contributed by atoms with Crippen LogP contribution in [0.4, 0.5) is 15.8 Å². The maximum Gasteiger partial charge on any atom is 0.337 e. The maximum absolute atomic E-state index is 13.9. The van der Waals surface area contributed by atoms with Crippen molar-refractivity contribution in [2.75, 3.05) is 12.4 Å². The number of ketones is 1. The first-order valence-electron chi connectivity index (χ1n) is 7.23. The van der Waals surface area contributed by atoms with Crippen molar-refractivity contribution in [2.45, 2.75) is 13.5 Å². The van der Waals surface area contributed by atoms with Gasteiger partial charge in [0.1, 0.15) is 11.5 Å². The summed E-state index contributed by atoms with van der Waals surface area (Å²) in [6.07, 6.45) is 0. The van der Waals surface area contributed by atoms with E-state index in [1.807, 2.05) is 0 Å². The van der Waals surface area contributed by atoms with Gasteiger partial charge in [-0.2, -0.15) is 0 Å². The molecule has 0 bridgehead atoms. The molecule has 2 aromatic carbocycles. The Labute approximate surface area is 142 Å². The maximum atomic E-state index is 13.9. The Morgan fingerprint density at radius 1 is 1.20 bits per heavy atom. The summed E-state index contributed by atoms with van der Waals surface area (Å²) in [5.74, 6) is -1.48. The van der Waals surface area contributed by atoms with E-state index in [0.717, 1.165) is 12.1 Å². The van der Waals surface area contributed by atoms with Gasteiger partial charge in [0.2, 0.25) is 0 Å². The molecule has 130 valence electrons. The zero-order chi connectivity index (χ0) is 18.6. The Kier molecular flexibility index (Phi) is 5.43. The van der Waals surface area contributed by atoms with Gasteiger partial charge in [-0.05, 0) is 37.3 Å². The molecule has 0 fully saturated rings. The van der Waals surface area contributed by atoms with Gasteiger partial charge in [0.05, 0.1) is 17.6 Å². The molecular formula is C17H15FN2O5. The zero-order valence-electron chi connectivity index (χ0n) is 13.5. The molecule has 0 spiro atoms. The third-order valence-electron chi connectivity index (χ3n) is 3.54. The van der Waals surface area contributed by atoms with Crippen LogP contribution in [0.15, 0.2) is 36.4 Å². The highest BCUT2D eigenvalue weighted by Crippen LogP contribution is 2.26. The summed E-state index contributed by atoms with van der Waals surface area (Å²) in [6, 6.07) is 7.71. The number of benzene rings is 2.